The first kappa shape index (κ1) is 22.4. The Labute approximate surface area is 144 Å². The van der Waals surface area contributed by atoms with Gasteiger partial charge in [0, 0.05) is 6.42 Å². The molecule has 4 nitrogen and oxygen atoms in total. The van der Waals surface area contributed by atoms with Gasteiger partial charge in [0.25, 0.3) is 0 Å². The van der Waals surface area contributed by atoms with E-state index in [4.69, 9.17) is 9.16 Å². The van der Waals surface area contributed by atoms with Gasteiger partial charge >= 0.3 is 5.97 Å². The average Bonchev–Trinajstić information content (AvgIpc) is 2.37. The third-order valence-corrected chi connectivity index (χ3v) is 9.60. The van der Waals surface area contributed by atoms with Gasteiger partial charge < -0.3 is 14.3 Å². The molecule has 6 heteroatoms. The number of aliphatic hydroxyl groups excluding tert-OH is 1. The van der Waals surface area contributed by atoms with Crippen LogP contribution in [0.4, 0.5) is 0 Å². The Morgan fingerprint density at radius 2 is 1.70 bits per heavy atom. The van der Waals surface area contributed by atoms with Crippen LogP contribution in [-0.4, -0.2) is 47.3 Å². The van der Waals surface area contributed by atoms with Crippen molar-refractivity contribution in [2.24, 2.45) is 5.92 Å². The second kappa shape index (κ2) is 8.47. The zero-order valence-electron chi connectivity index (χ0n) is 16.2. The van der Waals surface area contributed by atoms with Crippen molar-refractivity contribution in [3.63, 3.8) is 0 Å². The van der Waals surface area contributed by atoms with Crippen molar-refractivity contribution < 1.29 is 19.1 Å². The standard InChI is InChI=1S/C17H34O4Si2/c1-17(2,3)23(8,9)21-13-15(18)14(16(19)20-4)11-10-12-22(5,6)7/h14-15,18H,11,13H2,1-9H3/t14-,15+/m1/s1. The van der Waals surface area contributed by atoms with E-state index >= 15 is 0 Å². The lowest BCUT2D eigenvalue weighted by molar-refractivity contribution is -0.150. The first-order valence-electron chi connectivity index (χ1n) is 8.11. The van der Waals surface area contributed by atoms with Crippen LogP contribution in [-0.2, 0) is 14.0 Å². The highest BCUT2D eigenvalue weighted by Crippen LogP contribution is 2.36. The highest BCUT2D eigenvalue weighted by Gasteiger charge is 2.38. The molecule has 0 heterocycles. The third-order valence-electron chi connectivity index (χ3n) is 4.17. The normalized spacial score (nSPS) is 15.4. The molecule has 134 valence electrons. The molecule has 0 rings (SSSR count). The number of ether oxygens (including phenoxy) is 1. The predicted molar refractivity (Wildman–Crippen MR) is 100 cm³/mol. The number of rotatable bonds is 6. The quantitative estimate of drug-likeness (QED) is 0.449. The lowest BCUT2D eigenvalue weighted by Crippen LogP contribution is -2.44. The van der Waals surface area contributed by atoms with Gasteiger partial charge in [-0.05, 0) is 18.1 Å². The summed E-state index contributed by atoms with van der Waals surface area (Å²) in [5.74, 6) is 1.97. The number of methoxy groups -OCH3 is 1. The minimum absolute atomic E-state index is 0.0606. The second-order valence-corrected chi connectivity index (χ2v) is 18.1. The Morgan fingerprint density at radius 1 is 1.17 bits per heavy atom. The number of hydrogen-bond donors (Lipinski definition) is 1. The summed E-state index contributed by atoms with van der Waals surface area (Å²) in [6.45, 7) is 17.2. The molecule has 0 bridgehead atoms. The summed E-state index contributed by atoms with van der Waals surface area (Å²) in [6.07, 6.45) is -0.591. The highest BCUT2D eigenvalue weighted by molar-refractivity contribution is 6.83. The lowest BCUT2D eigenvalue weighted by atomic mass is 10.00. The van der Waals surface area contributed by atoms with E-state index in [2.05, 4.69) is 65.0 Å². The molecular formula is C17H34O4Si2. The number of hydrogen-bond acceptors (Lipinski definition) is 4. The second-order valence-electron chi connectivity index (χ2n) is 8.52. The van der Waals surface area contributed by atoms with Crippen molar-refractivity contribution in [1.29, 1.82) is 0 Å². The van der Waals surface area contributed by atoms with Crippen molar-refractivity contribution in [2.45, 2.75) is 71.1 Å². The SMILES string of the molecule is COC(=O)[C@H](CC#C[Si](C)(C)C)[C@@H](O)CO[Si](C)(C)C(C)(C)C. The van der Waals surface area contributed by atoms with Crippen LogP contribution in [0.15, 0.2) is 0 Å². The maximum atomic E-state index is 11.9. The Morgan fingerprint density at radius 3 is 2.09 bits per heavy atom. The van der Waals surface area contributed by atoms with E-state index in [1.165, 1.54) is 7.11 Å². The van der Waals surface area contributed by atoms with Gasteiger partial charge in [-0.15, -0.1) is 11.5 Å². The fourth-order valence-corrected chi connectivity index (χ4v) is 3.23. The summed E-state index contributed by atoms with van der Waals surface area (Å²) in [5.41, 5.74) is 3.22. The summed E-state index contributed by atoms with van der Waals surface area (Å²) in [7, 11) is -2.12. The molecule has 0 aliphatic carbocycles. The minimum atomic E-state index is -1.96. The first-order valence-corrected chi connectivity index (χ1v) is 14.5. The zero-order valence-corrected chi connectivity index (χ0v) is 18.2. The third kappa shape index (κ3) is 8.16. The van der Waals surface area contributed by atoms with Crippen LogP contribution in [0.3, 0.4) is 0 Å². The zero-order chi connectivity index (χ0) is 18.5. The van der Waals surface area contributed by atoms with Gasteiger partial charge in [-0.1, -0.05) is 40.4 Å². The number of esters is 1. The van der Waals surface area contributed by atoms with Gasteiger partial charge in [0.15, 0.2) is 8.32 Å². The number of carbonyl (C=O) groups excluding carboxylic acids is 1. The number of aliphatic hydroxyl groups is 1. The molecule has 0 aromatic carbocycles. The molecule has 0 aromatic rings. The van der Waals surface area contributed by atoms with Gasteiger partial charge in [0.05, 0.1) is 25.7 Å². The van der Waals surface area contributed by atoms with Crippen molar-refractivity contribution in [3.05, 3.63) is 0 Å². The van der Waals surface area contributed by atoms with Gasteiger partial charge in [-0.25, -0.2) is 0 Å². The van der Waals surface area contributed by atoms with E-state index in [0.29, 0.717) is 6.42 Å². The summed E-state index contributed by atoms with van der Waals surface area (Å²) in [5, 5.41) is 10.5. The maximum Gasteiger partial charge on any atom is 0.312 e. The minimum Gasteiger partial charge on any atom is -0.469 e. The molecule has 2 atom stereocenters. The van der Waals surface area contributed by atoms with E-state index < -0.39 is 34.4 Å². The van der Waals surface area contributed by atoms with E-state index in [0.717, 1.165) is 0 Å². The van der Waals surface area contributed by atoms with Crippen LogP contribution >= 0.6 is 0 Å². The van der Waals surface area contributed by atoms with Crippen LogP contribution in [0.5, 0.6) is 0 Å². The topological polar surface area (TPSA) is 55.8 Å². The molecule has 0 aromatic heterocycles. The van der Waals surface area contributed by atoms with E-state index in [1.54, 1.807) is 0 Å². The lowest BCUT2D eigenvalue weighted by Gasteiger charge is -2.37. The molecule has 0 radical (unpaired) electrons. The molecule has 0 unspecified atom stereocenters. The largest absolute Gasteiger partial charge is 0.469 e. The Balaban J connectivity index is 4.93. The van der Waals surface area contributed by atoms with Crippen LogP contribution in [0.25, 0.3) is 0 Å². The van der Waals surface area contributed by atoms with Gasteiger partial charge in [-0.3, -0.25) is 4.79 Å². The summed E-state index contributed by atoms with van der Waals surface area (Å²) in [4.78, 5) is 11.9. The first-order chi connectivity index (χ1) is 10.2. The Kier molecular flexibility index (Phi) is 8.25. The van der Waals surface area contributed by atoms with Crippen LogP contribution in [0.2, 0.25) is 37.8 Å². The van der Waals surface area contributed by atoms with E-state index in [-0.39, 0.29) is 11.6 Å². The van der Waals surface area contributed by atoms with Gasteiger partial charge in [0.2, 0.25) is 0 Å². The molecule has 0 fully saturated rings. The molecule has 0 saturated carbocycles. The van der Waals surface area contributed by atoms with Crippen molar-refractivity contribution >= 4 is 22.4 Å². The molecule has 23 heavy (non-hydrogen) atoms. The molecule has 1 N–H and O–H groups in total. The van der Waals surface area contributed by atoms with Crippen LogP contribution < -0.4 is 0 Å². The van der Waals surface area contributed by atoms with Crippen LogP contribution in [0.1, 0.15) is 27.2 Å². The molecule has 0 aliphatic rings. The monoisotopic (exact) mass is 358 g/mol. The molecular weight excluding hydrogens is 324 g/mol. The van der Waals surface area contributed by atoms with Crippen molar-refractivity contribution in [2.75, 3.05) is 13.7 Å². The highest BCUT2D eigenvalue weighted by atomic mass is 28.4. The van der Waals surface area contributed by atoms with Crippen molar-refractivity contribution in [1.82, 2.24) is 0 Å². The summed E-state index contributed by atoms with van der Waals surface area (Å²) < 4.78 is 10.8. The van der Waals surface area contributed by atoms with Gasteiger partial charge in [-0.2, -0.15) is 0 Å². The fraction of sp³-hybridized carbons (Fsp3) is 0.824. The van der Waals surface area contributed by atoms with Crippen molar-refractivity contribution in [3.8, 4) is 11.5 Å². The Hall–Kier alpha value is -0.616. The Bertz CT molecular complexity index is 450. The average molecular weight is 359 g/mol. The van der Waals surface area contributed by atoms with Gasteiger partial charge in [0.1, 0.15) is 8.07 Å². The maximum absolute atomic E-state index is 11.9. The molecule has 0 saturated heterocycles. The summed E-state index contributed by atoms with van der Waals surface area (Å²) >= 11 is 0. The summed E-state index contributed by atoms with van der Waals surface area (Å²) in [6, 6.07) is 0. The van der Waals surface area contributed by atoms with E-state index in [9.17, 15) is 9.90 Å². The molecule has 0 spiro atoms. The number of carbonyl (C=O) groups is 1. The van der Waals surface area contributed by atoms with E-state index in [1.807, 2.05) is 0 Å². The van der Waals surface area contributed by atoms with Crippen LogP contribution in [0, 0.1) is 17.4 Å². The smallest absolute Gasteiger partial charge is 0.312 e. The molecule has 0 amide bonds. The molecule has 0 aliphatic heterocycles. The predicted octanol–water partition coefficient (Wildman–Crippen LogP) is 3.43. The fourth-order valence-electron chi connectivity index (χ4n) is 1.58.